The monoisotopic (exact) mass is 305 g/mol. The lowest BCUT2D eigenvalue weighted by molar-refractivity contribution is -0.121. The van der Waals surface area contributed by atoms with E-state index in [4.69, 9.17) is 0 Å². The topological polar surface area (TPSA) is 38.1 Å². The van der Waals surface area contributed by atoms with Crippen LogP contribution in [0.5, 0.6) is 0 Å². The second-order valence-electron chi connectivity index (χ2n) is 6.21. The van der Waals surface area contributed by atoms with Gasteiger partial charge >= 0.3 is 0 Å². The Morgan fingerprint density at radius 1 is 1.17 bits per heavy atom. The first-order valence-electron chi connectivity index (χ1n) is 7.99. The van der Waals surface area contributed by atoms with E-state index in [1.807, 2.05) is 58.9 Å². The van der Waals surface area contributed by atoms with Crippen LogP contribution in [0.4, 0.5) is 5.69 Å². The lowest BCUT2D eigenvalue weighted by atomic mass is 10.1. The number of para-hydroxylation sites is 3. The van der Waals surface area contributed by atoms with Crippen molar-refractivity contribution in [3.05, 3.63) is 60.4 Å². The first-order chi connectivity index (χ1) is 11.2. The summed E-state index contributed by atoms with van der Waals surface area (Å²) in [5.74, 6) is 0.116. The van der Waals surface area contributed by atoms with Gasteiger partial charge in [-0.15, -0.1) is 0 Å². The molecule has 0 saturated carbocycles. The van der Waals surface area contributed by atoms with E-state index in [1.165, 1.54) is 5.56 Å². The van der Waals surface area contributed by atoms with Gasteiger partial charge in [0.2, 0.25) is 5.91 Å². The third-order valence-electron chi connectivity index (χ3n) is 4.70. The highest BCUT2D eigenvalue weighted by Crippen LogP contribution is 2.34. The van der Waals surface area contributed by atoms with E-state index in [0.29, 0.717) is 0 Å². The standard InChI is InChI=1S/C19H19N3O/c1-13-11-15-7-3-5-9-17(15)22(13)19(23)14(2)21-12-20-16-8-4-6-10-18(16)21/h3-10,12-14H,11H2,1-2H3. The van der Waals surface area contributed by atoms with Crippen LogP contribution < -0.4 is 4.90 Å². The number of amides is 1. The van der Waals surface area contributed by atoms with Crippen molar-refractivity contribution in [2.24, 2.45) is 0 Å². The van der Waals surface area contributed by atoms with Gasteiger partial charge in [0, 0.05) is 11.7 Å². The van der Waals surface area contributed by atoms with Gasteiger partial charge in [0.15, 0.2) is 0 Å². The van der Waals surface area contributed by atoms with Crippen molar-refractivity contribution in [3.8, 4) is 0 Å². The van der Waals surface area contributed by atoms with Crippen molar-refractivity contribution < 1.29 is 4.79 Å². The molecule has 0 N–H and O–H groups in total. The molecule has 2 unspecified atom stereocenters. The molecular formula is C19H19N3O. The number of carbonyl (C=O) groups is 1. The Labute approximate surface area is 135 Å². The zero-order chi connectivity index (χ0) is 16.0. The minimum absolute atomic E-state index is 0.116. The van der Waals surface area contributed by atoms with Gasteiger partial charge in [-0.2, -0.15) is 0 Å². The summed E-state index contributed by atoms with van der Waals surface area (Å²) < 4.78 is 1.96. The molecule has 2 heterocycles. The second kappa shape index (κ2) is 5.23. The molecule has 1 aromatic heterocycles. The normalized spacial score (nSPS) is 18.2. The van der Waals surface area contributed by atoms with Crippen molar-refractivity contribution in [2.75, 3.05) is 4.90 Å². The van der Waals surface area contributed by atoms with Gasteiger partial charge in [0.1, 0.15) is 6.04 Å². The largest absolute Gasteiger partial charge is 0.318 e. The molecule has 0 bridgehead atoms. The molecule has 1 aliphatic heterocycles. The highest BCUT2D eigenvalue weighted by Gasteiger charge is 2.33. The molecule has 1 aliphatic rings. The molecule has 4 rings (SSSR count). The van der Waals surface area contributed by atoms with Gasteiger partial charge < -0.3 is 9.47 Å². The molecule has 0 fully saturated rings. The van der Waals surface area contributed by atoms with E-state index in [9.17, 15) is 4.79 Å². The Morgan fingerprint density at radius 3 is 2.78 bits per heavy atom. The van der Waals surface area contributed by atoms with E-state index in [-0.39, 0.29) is 18.0 Å². The van der Waals surface area contributed by atoms with Gasteiger partial charge in [-0.1, -0.05) is 30.3 Å². The number of anilines is 1. The van der Waals surface area contributed by atoms with Gasteiger partial charge in [0.05, 0.1) is 17.4 Å². The molecular weight excluding hydrogens is 286 g/mol. The predicted molar refractivity (Wildman–Crippen MR) is 91.5 cm³/mol. The summed E-state index contributed by atoms with van der Waals surface area (Å²) in [6.07, 6.45) is 2.68. The highest BCUT2D eigenvalue weighted by atomic mass is 16.2. The third kappa shape index (κ3) is 2.13. The maximum atomic E-state index is 13.1. The SMILES string of the molecule is CC1Cc2ccccc2N1C(=O)C(C)n1cnc2ccccc21. The minimum Gasteiger partial charge on any atom is -0.318 e. The number of nitrogens with zero attached hydrogens (tertiary/aromatic N) is 3. The quantitative estimate of drug-likeness (QED) is 0.726. The van der Waals surface area contributed by atoms with Crippen LogP contribution in [-0.4, -0.2) is 21.5 Å². The van der Waals surface area contributed by atoms with Gasteiger partial charge in [-0.25, -0.2) is 4.98 Å². The van der Waals surface area contributed by atoms with Crippen molar-refractivity contribution in [1.29, 1.82) is 0 Å². The number of hydrogen-bond donors (Lipinski definition) is 0. The Balaban J connectivity index is 1.72. The van der Waals surface area contributed by atoms with Gasteiger partial charge in [-0.05, 0) is 44.0 Å². The van der Waals surface area contributed by atoms with E-state index in [1.54, 1.807) is 6.33 Å². The lowest BCUT2D eigenvalue weighted by Gasteiger charge is -2.27. The van der Waals surface area contributed by atoms with Crippen LogP contribution in [0.3, 0.4) is 0 Å². The number of benzene rings is 2. The van der Waals surface area contributed by atoms with E-state index >= 15 is 0 Å². The predicted octanol–water partition coefficient (Wildman–Crippen LogP) is 3.58. The summed E-state index contributed by atoms with van der Waals surface area (Å²) in [6, 6.07) is 16.0. The van der Waals surface area contributed by atoms with Crippen LogP contribution in [0.25, 0.3) is 11.0 Å². The number of fused-ring (bicyclic) bond motifs is 2. The fourth-order valence-corrected chi connectivity index (χ4v) is 3.51. The van der Waals surface area contributed by atoms with E-state index < -0.39 is 0 Å². The maximum absolute atomic E-state index is 13.1. The van der Waals surface area contributed by atoms with Crippen LogP contribution in [0.1, 0.15) is 25.5 Å². The Kier molecular flexibility index (Phi) is 3.18. The molecule has 2 aromatic carbocycles. The number of aromatic nitrogens is 2. The number of imidazole rings is 1. The van der Waals surface area contributed by atoms with Crippen LogP contribution in [0, 0.1) is 0 Å². The summed E-state index contributed by atoms with van der Waals surface area (Å²) in [4.78, 5) is 19.5. The molecule has 2 atom stereocenters. The average Bonchev–Trinajstić information content (AvgIpc) is 3.13. The summed E-state index contributed by atoms with van der Waals surface area (Å²) in [6.45, 7) is 4.06. The molecule has 23 heavy (non-hydrogen) atoms. The first kappa shape index (κ1) is 14.0. The molecule has 0 aliphatic carbocycles. The van der Waals surface area contributed by atoms with E-state index in [2.05, 4.69) is 18.0 Å². The zero-order valence-corrected chi connectivity index (χ0v) is 13.3. The Morgan fingerprint density at radius 2 is 1.91 bits per heavy atom. The van der Waals surface area contributed by atoms with Crippen LogP contribution >= 0.6 is 0 Å². The van der Waals surface area contributed by atoms with Gasteiger partial charge in [0.25, 0.3) is 0 Å². The average molecular weight is 305 g/mol. The summed E-state index contributed by atoms with van der Waals surface area (Å²) >= 11 is 0. The summed E-state index contributed by atoms with van der Waals surface area (Å²) in [5, 5.41) is 0. The Hall–Kier alpha value is -2.62. The summed E-state index contributed by atoms with van der Waals surface area (Å²) in [7, 11) is 0. The molecule has 3 aromatic rings. The zero-order valence-electron chi connectivity index (χ0n) is 13.3. The smallest absolute Gasteiger partial charge is 0.250 e. The lowest BCUT2D eigenvalue weighted by Crippen LogP contribution is -2.39. The third-order valence-corrected chi connectivity index (χ3v) is 4.70. The van der Waals surface area contributed by atoms with Crippen molar-refractivity contribution >= 4 is 22.6 Å². The van der Waals surface area contributed by atoms with Crippen molar-refractivity contribution in [1.82, 2.24) is 9.55 Å². The van der Waals surface area contributed by atoms with E-state index in [0.717, 1.165) is 23.1 Å². The highest BCUT2D eigenvalue weighted by molar-refractivity contribution is 5.99. The fraction of sp³-hybridized carbons (Fsp3) is 0.263. The van der Waals surface area contributed by atoms with Crippen LogP contribution in [-0.2, 0) is 11.2 Å². The van der Waals surface area contributed by atoms with Gasteiger partial charge in [-0.3, -0.25) is 4.79 Å². The molecule has 0 spiro atoms. The summed E-state index contributed by atoms with van der Waals surface area (Å²) in [5.41, 5.74) is 4.20. The number of carbonyl (C=O) groups excluding carboxylic acids is 1. The number of rotatable bonds is 2. The fourth-order valence-electron chi connectivity index (χ4n) is 3.51. The number of hydrogen-bond acceptors (Lipinski definition) is 2. The molecule has 116 valence electrons. The maximum Gasteiger partial charge on any atom is 0.250 e. The van der Waals surface area contributed by atoms with Crippen LogP contribution in [0.2, 0.25) is 0 Å². The molecule has 1 amide bonds. The molecule has 0 radical (unpaired) electrons. The van der Waals surface area contributed by atoms with Crippen LogP contribution in [0.15, 0.2) is 54.9 Å². The van der Waals surface area contributed by atoms with Crippen molar-refractivity contribution in [2.45, 2.75) is 32.4 Å². The second-order valence-corrected chi connectivity index (χ2v) is 6.21. The van der Waals surface area contributed by atoms with Crippen molar-refractivity contribution in [3.63, 3.8) is 0 Å². The Bertz CT molecular complexity index is 883. The molecule has 4 heteroatoms. The molecule has 0 saturated heterocycles. The first-order valence-corrected chi connectivity index (χ1v) is 7.99. The molecule has 4 nitrogen and oxygen atoms in total. The minimum atomic E-state index is -0.281.